The quantitative estimate of drug-likeness (QED) is 0.799. The first-order chi connectivity index (χ1) is 8.41. The van der Waals surface area contributed by atoms with Crippen molar-refractivity contribution in [2.24, 2.45) is 0 Å². The Morgan fingerprint density at radius 1 is 1.06 bits per heavy atom. The summed E-state index contributed by atoms with van der Waals surface area (Å²) in [4.78, 5) is 0. The molecule has 18 heavy (non-hydrogen) atoms. The van der Waals surface area contributed by atoms with E-state index in [1.54, 1.807) is 4.57 Å². The fourth-order valence-electron chi connectivity index (χ4n) is 2.10. The van der Waals surface area contributed by atoms with Crippen LogP contribution in [0.15, 0.2) is 24.4 Å². The molecule has 1 aromatic carbocycles. The number of fused-ring (bicyclic) bond motifs is 1. The minimum Gasteiger partial charge on any atom is -0.499 e. The minimum absolute atomic E-state index is 0.0382. The third-order valence-electron chi connectivity index (χ3n) is 3.29. The van der Waals surface area contributed by atoms with E-state index in [1.807, 2.05) is 32.2 Å². The van der Waals surface area contributed by atoms with Gasteiger partial charge in [0.05, 0.1) is 0 Å². The molecule has 0 radical (unpaired) electrons. The number of aromatic hydroxyl groups is 2. The number of aromatic nitrogens is 1. The zero-order chi connectivity index (χ0) is 13.4. The van der Waals surface area contributed by atoms with Gasteiger partial charge < -0.3 is 10.2 Å². The van der Waals surface area contributed by atoms with Crippen LogP contribution in [0.4, 0.5) is 0 Å². The highest BCUT2D eigenvalue weighted by Crippen LogP contribution is 2.33. The standard InChI is InChI=1S/C15H19NO2/c1-9(2)11-5-6-12-8-16(10(3)4)15(18)14(17)13(12)7-11/h5-10,17H,1-4H3/p+1. The summed E-state index contributed by atoms with van der Waals surface area (Å²) in [7, 11) is 0. The van der Waals surface area contributed by atoms with E-state index < -0.39 is 0 Å². The highest BCUT2D eigenvalue weighted by molar-refractivity contribution is 5.88. The number of hydrogen-bond acceptors (Lipinski definition) is 2. The Morgan fingerprint density at radius 3 is 2.28 bits per heavy atom. The number of pyridine rings is 1. The van der Waals surface area contributed by atoms with Gasteiger partial charge in [-0.15, -0.1) is 0 Å². The van der Waals surface area contributed by atoms with Crippen LogP contribution in [0, 0.1) is 0 Å². The Kier molecular flexibility index (Phi) is 3.16. The maximum absolute atomic E-state index is 10.1. The molecule has 2 N–H and O–H groups in total. The minimum atomic E-state index is -0.0709. The lowest BCUT2D eigenvalue weighted by atomic mass is 9.99. The van der Waals surface area contributed by atoms with Crippen LogP contribution in [0.3, 0.4) is 0 Å². The Labute approximate surface area is 107 Å². The van der Waals surface area contributed by atoms with E-state index in [0.29, 0.717) is 11.3 Å². The lowest BCUT2D eigenvalue weighted by Crippen LogP contribution is -2.35. The van der Waals surface area contributed by atoms with Gasteiger partial charge in [0.15, 0.2) is 12.2 Å². The SMILES string of the molecule is CC(C)c1ccc2c[n+](C(C)C)c(O)c(O)c2c1. The molecule has 1 aromatic heterocycles. The molecule has 96 valence electrons. The van der Waals surface area contributed by atoms with Gasteiger partial charge in [-0.3, -0.25) is 0 Å². The van der Waals surface area contributed by atoms with Crippen molar-refractivity contribution in [3.05, 3.63) is 30.0 Å². The summed E-state index contributed by atoms with van der Waals surface area (Å²) < 4.78 is 1.67. The molecule has 0 saturated heterocycles. The van der Waals surface area contributed by atoms with E-state index in [-0.39, 0.29) is 17.7 Å². The summed E-state index contributed by atoms with van der Waals surface area (Å²) in [5, 5.41) is 21.8. The fourth-order valence-corrected chi connectivity index (χ4v) is 2.10. The molecule has 0 amide bonds. The third-order valence-corrected chi connectivity index (χ3v) is 3.29. The van der Waals surface area contributed by atoms with Crippen LogP contribution in [0.2, 0.25) is 0 Å². The largest absolute Gasteiger partial charge is 0.499 e. The average Bonchev–Trinajstić information content (AvgIpc) is 2.32. The van der Waals surface area contributed by atoms with Gasteiger partial charge in [0.2, 0.25) is 5.75 Å². The van der Waals surface area contributed by atoms with Crippen molar-refractivity contribution in [2.75, 3.05) is 0 Å². The van der Waals surface area contributed by atoms with E-state index in [4.69, 9.17) is 0 Å². The number of nitrogens with zero attached hydrogens (tertiary/aromatic N) is 1. The van der Waals surface area contributed by atoms with Gasteiger partial charge in [-0.1, -0.05) is 19.9 Å². The summed E-state index contributed by atoms with van der Waals surface area (Å²) in [5.41, 5.74) is 1.15. The van der Waals surface area contributed by atoms with Crippen LogP contribution in [-0.2, 0) is 0 Å². The molecule has 3 heteroatoms. The highest BCUT2D eigenvalue weighted by Gasteiger charge is 2.21. The zero-order valence-corrected chi connectivity index (χ0v) is 11.3. The summed E-state index contributed by atoms with van der Waals surface area (Å²) in [5.74, 6) is 0.287. The molecule has 0 fully saturated rings. The second-order valence-electron chi connectivity index (χ2n) is 5.30. The topological polar surface area (TPSA) is 44.3 Å². The molecule has 1 heterocycles. The van der Waals surface area contributed by atoms with Crippen molar-refractivity contribution in [1.29, 1.82) is 0 Å². The lowest BCUT2D eigenvalue weighted by molar-refractivity contribution is -0.720. The van der Waals surface area contributed by atoms with Gasteiger partial charge in [0.1, 0.15) is 0 Å². The van der Waals surface area contributed by atoms with E-state index in [9.17, 15) is 10.2 Å². The number of hydrogen-bond donors (Lipinski definition) is 2. The molecule has 0 spiro atoms. The monoisotopic (exact) mass is 246 g/mol. The third kappa shape index (κ3) is 2.01. The first kappa shape index (κ1) is 12.7. The molecule has 0 unspecified atom stereocenters. The normalized spacial score (nSPS) is 11.7. The van der Waals surface area contributed by atoms with E-state index in [0.717, 1.165) is 10.9 Å². The molecule has 0 atom stereocenters. The molecule has 0 saturated carbocycles. The molecule has 2 aromatic rings. The maximum atomic E-state index is 10.1. The Morgan fingerprint density at radius 2 is 1.72 bits per heavy atom. The Balaban J connectivity index is 2.74. The van der Waals surface area contributed by atoms with Crippen LogP contribution in [0.1, 0.15) is 45.2 Å². The molecule has 0 aliphatic rings. The van der Waals surface area contributed by atoms with Crippen molar-refractivity contribution in [3.8, 4) is 11.6 Å². The molecular formula is C15H20NO2+. The summed E-state index contributed by atoms with van der Waals surface area (Å²) in [6.07, 6.45) is 1.87. The maximum Gasteiger partial charge on any atom is 0.409 e. The van der Waals surface area contributed by atoms with Gasteiger partial charge in [-0.2, -0.15) is 4.57 Å². The average molecular weight is 246 g/mol. The first-order valence-electron chi connectivity index (χ1n) is 6.31. The Hall–Kier alpha value is -1.77. The fraction of sp³-hybridized carbons (Fsp3) is 0.400. The predicted octanol–water partition coefficient (Wildman–Crippen LogP) is 3.24. The molecule has 0 bridgehead atoms. The summed E-state index contributed by atoms with van der Waals surface area (Å²) in [6, 6.07) is 6.10. The smallest absolute Gasteiger partial charge is 0.409 e. The van der Waals surface area contributed by atoms with Crippen LogP contribution >= 0.6 is 0 Å². The molecule has 2 rings (SSSR count). The van der Waals surface area contributed by atoms with Crippen molar-refractivity contribution < 1.29 is 14.8 Å². The van der Waals surface area contributed by atoms with Gasteiger partial charge in [0, 0.05) is 10.8 Å². The predicted molar refractivity (Wildman–Crippen MR) is 71.9 cm³/mol. The zero-order valence-electron chi connectivity index (χ0n) is 11.3. The second-order valence-corrected chi connectivity index (χ2v) is 5.30. The van der Waals surface area contributed by atoms with Gasteiger partial charge in [-0.05, 0) is 37.5 Å². The van der Waals surface area contributed by atoms with Gasteiger partial charge >= 0.3 is 5.88 Å². The van der Waals surface area contributed by atoms with Crippen molar-refractivity contribution in [2.45, 2.75) is 39.7 Å². The second kappa shape index (κ2) is 4.48. The molecular weight excluding hydrogens is 226 g/mol. The molecule has 0 aliphatic carbocycles. The van der Waals surface area contributed by atoms with Crippen LogP contribution < -0.4 is 4.57 Å². The van der Waals surface area contributed by atoms with Gasteiger partial charge in [0.25, 0.3) is 0 Å². The van der Waals surface area contributed by atoms with E-state index in [2.05, 4.69) is 19.9 Å². The van der Waals surface area contributed by atoms with E-state index >= 15 is 0 Å². The van der Waals surface area contributed by atoms with Crippen LogP contribution in [0.5, 0.6) is 11.6 Å². The summed E-state index contributed by atoms with van der Waals surface area (Å²) in [6.45, 7) is 8.14. The molecule has 0 aliphatic heterocycles. The van der Waals surface area contributed by atoms with E-state index in [1.165, 1.54) is 0 Å². The van der Waals surface area contributed by atoms with Crippen LogP contribution in [-0.4, -0.2) is 10.2 Å². The lowest BCUT2D eigenvalue weighted by Gasteiger charge is -2.10. The first-order valence-corrected chi connectivity index (χ1v) is 6.31. The van der Waals surface area contributed by atoms with Crippen molar-refractivity contribution in [1.82, 2.24) is 0 Å². The highest BCUT2D eigenvalue weighted by atomic mass is 16.3. The van der Waals surface area contributed by atoms with Crippen molar-refractivity contribution in [3.63, 3.8) is 0 Å². The number of benzene rings is 1. The Bertz CT molecular complexity index is 589. The number of rotatable bonds is 2. The molecule has 3 nitrogen and oxygen atoms in total. The van der Waals surface area contributed by atoms with Crippen molar-refractivity contribution >= 4 is 10.8 Å². The summed E-state index contributed by atoms with van der Waals surface area (Å²) >= 11 is 0. The van der Waals surface area contributed by atoms with Crippen LogP contribution in [0.25, 0.3) is 10.8 Å². The van der Waals surface area contributed by atoms with Gasteiger partial charge in [-0.25, -0.2) is 0 Å².